The van der Waals surface area contributed by atoms with E-state index in [9.17, 15) is 8.42 Å². The molecule has 1 heterocycles. The van der Waals surface area contributed by atoms with Gasteiger partial charge in [0.1, 0.15) is 0 Å². The third-order valence-electron chi connectivity index (χ3n) is 3.29. The lowest BCUT2D eigenvalue weighted by Gasteiger charge is -2.35. The van der Waals surface area contributed by atoms with Crippen LogP contribution in [0.1, 0.15) is 40.5 Å². The quantitative estimate of drug-likeness (QED) is 0.717. The molecule has 1 saturated heterocycles. The maximum absolute atomic E-state index is 12.3. The third-order valence-corrected chi connectivity index (χ3v) is 5.32. The Hall–Kier alpha value is -0.170. The Morgan fingerprint density at radius 2 is 2.00 bits per heavy atom. The van der Waals surface area contributed by atoms with Gasteiger partial charge >= 0.3 is 0 Å². The van der Waals surface area contributed by atoms with Gasteiger partial charge in [-0.3, -0.25) is 0 Å². The van der Waals surface area contributed by atoms with E-state index in [1.165, 1.54) is 0 Å². The van der Waals surface area contributed by atoms with Crippen molar-refractivity contribution >= 4 is 10.0 Å². The summed E-state index contributed by atoms with van der Waals surface area (Å²) in [4.78, 5) is 0. The van der Waals surface area contributed by atoms with Gasteiger partial charge in [-0.15, -0.1) is 0 Å². The molecule has 1 N–H and O–H groups in total. The van der Waals surface area contributed by atoms with Gasteiger partial charge in [0.15, 0.2) is 0 Å². The molecule has 2 atom stereocenters. The molecule has 0 spiro atoms. The Balaban J connectivity index is 2.38. The van der Waals surface area contributed by atoms with Crippen molar-refractivity contribution in [2.45, 2.75) is 58.7 Å². The van der Waals surface area contributed by atoms with Crippen molar-refractivity contribution in [2.75, 3.05) is 25.4 Å². The zero-order valence-electron chi connectivity index (χ0n) is 12.6. The summed E-state index contributed by atoms with van der Waals surface area (Å²) in [6.07, 6.45) is 1.60. The van der Waals surface area contributed by atoms with Gasteiger partial charge < -0.3 is 10.1 Å². The van der Waals surface area contributed by atoms with Crippen molar-refractivity contribution in [3.8, 4) is 0 Å². The summed E-state index contributed by atoms with van der Waals surface area (Å²) in [5.41, 5.74) is 0. The highest BCUT2D eigenvalue weighted by molar-refractivity contribution is 7.89. The van der Waals surface area contributed by atoms with Gasteiger partial charge in [-0.05, 0) is 33.2 Å². The Morgan fingerprint density at radius 1 is 1.32 bits per heavy atom. The second kappa shape index (κ2) is 7.57. The molecule has 1 aliphatic rings. The molecule has 19 heavy (non-hydrogen) atoms. The highest BCUT2D eigenvalue weighted by atomic mass is 32.2. The number of hydrogen-bond donors (Lipinski definition) is 1. The maximum Gasteiger partial charge on any atom is 0.214 e. The lowest BCUT2D eigenvalue weighted by Crippen LogP contribution is -2.50. The van der Waals surface area contributed by atoms with E-state index < -0.39 is 10.0 Å². The van der Waals surface area contributed by atoms with E-state index in [0.717, 1.165) is 13.0 Å². The van der Waals surface area contributed by atoms with Gasteiger partial charge in [0.05, 0.1) is 18.5 Å². The van der Waals surface area contributed by atoms with Crippen LogP contribution in [0.25, 0.3) is 0 Å². The molecule has 0 aromatic carbocycles. The number of unbranched alkanes of at least 4 members (excludes halogenated alkanes) is 1. The van der Waals surface area contributed by atoms with Crippen molar-refractivity contribution in [3.63, 3.8) is 0 Å². The highest BCUT2D eigenvalue weighted by Crippen LogP contribution is 2.17. The van der Waals surface area contributed by atoms with Crippen LogP contribution < -0.4 is 5.32 Å². The van der Waals surface area contributed by atoms with Crippen LogP contribution in [0, 0.1) is 0 Å². The van der Waals surface area contributed by atoms with E-state index in [2.05, 4.69) is 19.2 Å². The molecule has 6 heteroatoms. The van der Waals surface area contributed by atoms with Crippen LogP contribution in [-0.2, 0) is 14.8 Å². The minimum atomic E-state index is -3.14. The Morgan fingerprint density at radius 3 is 2.63 bits per heavy atom. The molecular formula is C13H28N2O3S. The van der Waals surface area contributed by atoms with Crippen LogP contribution in [0.2, 0.25) is 0 Å². The predicted molar refractivity (Wildman–Crippen MR) is 77.7 cm³/mol. The SMILES string of the molecule is CC(C)NCCCCS(=O)(=O)N1CC(C)OCC1C. The zero-order valence-corrected chi connectivity index (χ0v) is 13.4. The van der Waals surface area contributed by atoms with Gasteiger partial charge in [0, 0.05) is 18.6 Å². The maximum atomic E-state index is 12.3. The zero-order chi connectivity index (χ0) is 14.5. The molecule has 0 amide bonds. The van der Waals surface area contributed by atoms with E-state index >= 15 is 0 Å². The van der Waals surface area contributed by atoms with Crippen molar-refractivity contribution < 1.29 is 13.2 Å². The summed E-state index contributed by atoms with van der Waals surface area (Å²) >= 11 is 0. The largest absolute Gasteiger partial charge is 0.375 e. The summed E-state index contributed by atoms with van der Waals surface area (Å²) in [5.74, 6) is 0.240. The molecule has 5 nitrogen and oxygen atoms in total. The minimum Gasteiger partial charge on any atom is -0.375 e. The third kappa shape index (κ3) is 5.77. The first-order valence-corrected chi connectivity index (χ1v) is 8.78. The van der Waals surface area contributed by atoms with Crippen molar-refractivity contribution in [3.05, 3.63) is 0 Å². The summed E-state index contributed by atoms with van der Waals surface area (Å²) < 4.78 is 31.7. The van der Waals surface area contributed by atoms with E-state index in [-0.39, 0.29) is 17.9 Å². The van der Waals surface area contributed by atoms with Crippen LogP contribution in [0.5, 0.6) is 0 Å². The van der Waals surface area contributed by atoms with E-state index in [0.29, 0.717) is 25.6 Å². The molecular weight excluding hydrogens is 264 g/mol. The Kier molecular flexibility index (Phi) is 6.73. The van der Waals surface area contributed by atoms with Crippen LogP contribution in [-0.4, -0.2) is 56.4 Å². The van der Waals surface area contributed by atoms with Crippen LogP contribution in [0.15, 0.2) is 0 Å². The first kappa shape index (κ1) is 16.9. The molecule has 0 radical (unpaired) electrons. The average molecular weight is 292 g/mol. The Bertz CT molecular complexity index is 357. The van der Waals surface area contributed by atoms with Crippen molar-refractivity contribution in [1.29, 1.82) is 0 Å². The lowest BCUT2D eigenvalue weighted by molar-refractivity contribution is -0.0170. The van der Waals surface area contributed by atoms with Crippen LogP contribution in [0.4, 0.5) is 0 Å². The molecule has 0 bridgehead atoms. The number of sulfonamides is 1. The molecule has 0 saturated carbocycles. The lowest BCUT2D eigenvalue weighted by atomic mass is 10.2. The second-order valence-electron chi connectivity index (χ2n) is 5.69. The molecule has 0 aliphatic carbocycles. The molecule has 114 valence electrons. The van der Waals surface area contributed by atoms with Crippen LogP contribution in [0.3, 0.4) is 0 Å². The summed E-state index contributed by atoms with van der Waals surface area (Å²) in [6.45, 7) is 9.86. The first-order chi connectivity index (χ1) is 8.83. The fourth-order valence-corrected chi connectivity index (χ4v) is 4.03. The summed E-state index contributed by atoms with van der Waals surface area (Å²) in [6, 6.07) is 0.409. The topological polar surface area (TPSA) is 58.6 Å². The molecule has 2 unspecified atom stereocenters. The summed E-state index contributed by atoms with van der Waals surface area (Å²) in [7, 11) is -3.14. The Labute approximate surface area is 117 Å². The van der Waals surface area contributed by atoms with E-state index in [4.69, 9.17) is 4.74 Å². The number of nitrogens with zero attached hydrogens (tertiary/aromatic N) is 1. The monoisotopic (exact) mass is 292 g/mol. The normalized spacial score (nSPS) is 25.9. The molecule has 1 rings (SSSR count). The number of nitrogens with one attached hydrogen (secondary N) is 1. The number of ether oxygens (including phenoxy) is 1. The standard InChI is InChI=1S/C13H28N2O3S/c1-11(2)14-7-5-6-8-19(16,17)15-9-13(4)18-10-12(15)3/h11-14H,5-10H2,1-4H3. The number of morpholine rings is 1. The average Bonchev–Trinajstić information content (AvgIpc) is 2.31. The van der Waals surface area contributed by atoms with Gasteiger partial charge in [-0.1, -0.05) is 13.8 Å². The van der Waals surface area contributed by atoms with Gasteiger partial charge in [-0.25, -0.2) is 8.42 Å². The van der Waals surface area contributed by atoms with Crippen LogP contribution >= 0.6 is 0 Å². The summed E-state index contributed by atoms with van der Waals surface area (Å²) in [5, 5.41) is 3.30. The number of hydrogen-bond acceptors (Lipinski definition) is 4. The van der Waals surface area contributed by atoms with Gasteiger partial charge in [-0.2, -0.15) is 4.31 Å². The van der Waals surface area contributed by atoms with Gasteiger partial charge in [0.2, 0.25) is 10.0 Å². The smallest absolute Gasteiger partial charge is 0.214 e. The fraction of sp³-hybridized carbons (Fsp3) is 1.00. The van der Waals surface area contributed by atoms with Crippen molar-refractivity contribution in [1.82, 2.24) is 9.62 Å². The van der Waals surface area contributed by atoms with Gasteiger partial charge in [0.25, 0.3) is 0 Å². The minimum absolute atomic E-state index is 0.00594. The van der Waals surface area contributed by atoms with E-state index in [1.54, 1.807) is 4.31 Å². The highest BCUT2D eigenvalue weighted by Gasteiger charge is 2.32. The molecule has 0 aromatic heterocycles. The molecule has 1 aliphatic heterocycles. The molecule has 0 aromatic rings. The molecule has 1 fully saturated rings. The second-order valence-corrected chi connectivity index (χ2v) is 7.74. The number of rotatable bonds is 7. The predicted octanol–water partition coefficient (Wildman–Crippen LogP) is 1.20. The van der Waals surface area contributed by atoms with Crippen molar-refractivity contribution in [2.24, 2.45) is 0 Å². The fourth-order valence-electron chi connectivity index (χ4n) is 2.18. The first-order valence-electron chi connectivity index (χ1n) is 7.17. The van der Waals surface area contributed by atoms with E-state index in [1.807, 2.05) is 13.8 Å².